The van der Waals surface area contributed by atoms with Gasteiger partial charge in [0, 0.05) is 18.9 Å². The Kier molecular flexibility index (Phi) is 4.01. The van der Waals surface area contributed by atoms with Gasteiger partial charge in [-0.2, -0.15) is 4.98 Å². The lowest BCUT2D eigenvalue weighted by Gasteiger charge is -2.20. The molecule has 2 N–H and O–H groups in total. The second kappa shape index (κ2) is 5.36. The Hall–Kier alpha value is -0.950. The number of hydrogen-bond acceptors (Lipinski definition) is 6. The lowest BCUT2D eigenvalue weighted by atomic mass is 10.1. The van der Waals surface area contributed by atoms with E-state index in [1.807, 2.05) is 6.92 Å². The fourth-order valence-corrected chi connectivity index (χ4v) is 4.05. The van der Waals surface area contributed by atoms with Crippen LogP contribution in [0.2, 0.25) is 0 Å². The van der Waals surface area contributed by atoms with Gasteiger partial charge in [-0.1, -0.05) is 11.6 Å². The second-order valence-corrected chi connectivity index (χ2v) is 7.38. The predicted octanol–water partition coefficient (Wildman–Crippen LogP) is 0.469. The van der Waals surface area contributed by atoms with E-state index in [0.29, 0.717) is 31.0 Å². The fraction of sp³-hybridized carbons (Fsp3) is 0.818. The molecule has 102 valence electrons. The van der Waals surface area contributed by atoms with Gasteiger partial charge in [-0.25, -0.2) is 8.42 Å². The minimum atomic E-state index is -2.99. The number of aromatic nitrogens is 2. The molecule has 0 saturated carbocycles. The highest BCUT2D eigenvalue weighted by Gasteiger charge is 2.30. The standard InChI is InChI=1S/C11H19N3O3S/c1-8(12)6-10-13-11(17-14-10)7-9-4-2-3-5-18(9,15)16/h8-9H,2-7,12H2,1H3. The summed E-state index contributed by atoms with van der Waals surface area (Å²) in [7, 11) is -2.99. The Morgan fingerprint density at radius 3 is 2.94 bits per heavy atom. The number of nitrogens with two attached hydrogens (primary N) is 1. The Bertz CT molecular complexity index is 495. The average molecular weight is 273 g/mol. The first kappa shape index (κ1) is 13.5. The van der Waals surface area contributed by atoms with E-state index in [-0.39, 0.29) is 17.0 Å². The molecule has 0 bridgehead atoms. The lowest BCUT2D eigenvalue weighted by Crippen LogP contribution is -2.30. The number of nitrogens with zero attached hydrogens (tertiary/aromatic N) is 2. The smallest absolute Gasteiger partial charge is 0.227 e. The highest BCUT2D eigenvalue weighted by atomic mass is 32.2. The van der Waals surface area contributed by atoms with Gasteiger partial charge in [-0.15, -0.1) is 0 Å². The molecule has 6 nitrogen and oxygen atoms in total. The topological polar surface area (TPSA) is 99.1 Å². The molecule has 1 fully saturated rings. The molecule has 2 rings (SSSR count). The molecule has 0 amide bonds. The van der Waals surface area contributed by atoms with Crippen molar-refractivity contribution in [2.75, 3.05) is 5.75 Å². The van der Waals surface area contributed by atoms with Gasteiger partial charge in [0.15, 0.2) is 15.7 Å². The zero-order valence-corrected chi connectivity index (χ0v) is 11.3. The molecule has 1 saturated heterocycles. The van der Waals surface area contributed by atoms with Gasteiger partial charge in [0.1, 0.15) is 0 Å². The maximum atomic E-state index is 11.9. The first-order valence-corrected chi connectivity index (χ1v) is 7.97. The van der Waals surface area contributed by atoms with E-state index in [1.165, 1.54) is 0 Å². The Balaban J connectivity index is 2.02. The molecular formula is C11H19N3O3S. The quantitative estimate of drug-likeness (QED) is 0.856. The summed E-state index contributed by atoms with van der Waals surface area (Å²) in [5, 5.41) is 3.44. The Morgan fingerprint density at radius 1 is 1.50 bits per heavy atom. The summed E-state index contributed by atoms with van der Waals surface area (Å²) in [6.45, 7) is 1.86. The van der Waals surface area contributed by atoms with Crippen molar-refractivity contribution >= 4 is 9.84 Å². The van der Waals surface area contributed by atoms with Crippen LogP contribution in [0.15, 0.2) is 4.52 Å². The fourth-order valence-electron chi connectivity index (χ4n) is 2.19. The average Bonchev–Trinajstić information content (AvgIpc) is 2.68. The van der Waals surface area contributed by atoms with E-state index in [0.717, 1.165) is 12.8 Å². The molecule has 0 radical (unpaired) electrons. The normalized spacial score (nSPS) is 24.9. The second-order valence-electron chi connectivity index (χ2n) is 4.97. The zero-order chi connectivity index (χ0) is 13.2. The van der Waals surface area contributed by atoms with Crippen LogP contribution in [-0.4, -0.2) is 35.6 Å². The van der Waals surface area contributed by atoms with Crippen molar-refractivity contribution in [3.8, 4) is 0 Å². The molecule has 1 aromatic heterocycles. The molecule has 2 atom stereocenters. The van der Waals surface area contributed by atoms with E-state index in [9.17, 15) is 8.42 Å². The maximum Gasteiger partial charge on any atom is 0.227 e. The van der Waals surface area contributed by atoms with Crippen LogP contribution in [-0.2, 0) is 22.7 Å². The molecule has 7 heteroatoms. The SMILES string of the molecule is CC(N)Cc1noc(CC2CCCCS2(=O)=O)n1. The zero-order valence-electron chi connectivity index (χ0n) is 10.5. The van der Waals surface area contributed by atoms with Crippen molar-refractivity contribution in [3.05, 3.63) is 11.7 Å². The van der Waals surface area contributed by atoms with E-state index >= 15 is 0 Å². The van der Waals surface area contributed by atoms with Crippen LogP contribution >= 0.6 is 0 Å². The molecule has 2 heterocycles. The molecule has 1 aromatic rings. The minimum Gasteiger partial charge on any atom is -0.339 e. The first-order chi connectivity index (χ1) is 8.47. The summed E-state index contributed by atoms with van der Waals surface area (Å²) in [5.74, 6) is 1.23. The summed E-state index contributed by atoms with van der Waals surface area (Å²) < 4.78 is 28.8. The molecule has 0 spiro atoms. The molecule has 0 aliphatic carbocycles. The van der Waals surface area contributed by atoms with Gasteiger partial charge in [0.25, 0.3) is 0 Å². The van der Waals surface area contributed by atoms with E-state index in [1.54, 1.807) is 0 Å². The number of sulfone groups is 1. The molecule has 18 heavy (non-hydrogen) atoms. The van der Waals surface area contributed by atoms with Crippen molar-refractivity contribution in [1.82, 2.24) is 10.1 Å². The van der Waals surface area contributed by atoms with Crippen molar-refractivity contribution in [2.45, 2.75) is 50.3 Å². The summed E-state index contributed by atoms with van der Waals surface area (Å²) >= 11 is 0. The summed E-state index contributed by atoms with van der Waals surface area (Å²) in [4.78, 5) is 4.19. The highest BCUT2D eigenvalue weighted by molar-refractivity contribution is 7.92. The third-order valence-corrected chi connectivity index (χ3v) is 5.41. The van der Waals surface area contributed by atoms with Crippen LogP contribution in [0.4, 0.5) is 0 Å². The molecule has 1 aliphatic rings. The summed E-state index contributed by atoms with van der Waals surface area (Å²) in [6, 6.07) is -0.0335. The summed E-state index contributed by atoms with van der Waals surface area (Å²) in [5.41, 5.74) is 5.64. The third-order valence-electron chi connectivity index (χ3n) is 3.13. The van der Waals surface area contributed by atoms with Crippen molar-refractivity contribution in [1.29, 1.82) is 0 Å². The van der Waals surface area contributed by atoms with Gasteiger partial charge in [0.05, 0.1) is 11.0 Å². The number of rotatable bonds is 4. The van der Waals surface area contributed by atoms with Crippen LogP contribution in [0.25, 0.3) is 0 Å². The third kappa shape index (κ3) is 3.29. The molecule has 0 aromatic carbocycles. The van der Waals surface area contributed by atoms with Gasteiger partial charge < -0.3 is 10.3 Å². The molecule has 1 aliphatic heterocycles. The van der Waals surface area contributed by atoms with Crippen LogP contribution < -0.4 is 5.73 Å². The monoisotopic (exact) mass is 273 g/mol. The number of hydrogen-bond donors (Lipinski definition) is 1. The maximum absolute atomic E-state index is 11.9. The van der Waals surface area contributed by atoms with Crippen LogP contribution in [0.5, 0.6) is 0 Å². The van der Waals surface area contributed by atoms with E-state index in [2.05, 4.69) is 10.1 Å². The Labute approximate surface area is 107 Å². The van der Waals surface area contributed by atoms with Gasteiger partial charge in [0.2, 0.25) is 5.89 Å². The highest BCUT2D eigenvalue weighted by Crippen LogP contribution is 2.22. The van der Waals surface area contributed by atoms with Crippen LogP contribution in [0.1, 0.15) is 37.9 Å². The van der Waals surface area contributed by atoms with Crippen LogP contribution in [0, 0.1) is 0 Å². The first-order valence-electron chi connectivity index (χ1n) is 6.26. The van der Waals surface area contributed by atoms with E-state index in [4.69, 9.17) is 10.3 Å². The van der Waals surface area contributed by atoms with Gasteiger partial charge in [-0.05, 0) is 19.8 Å². The van der Waals surface area contributed by atoms with Crippen LogP contribution in [0.3, 0.4) is 0 Å². The minimum absolute atomic E-state index is 0.0335. The largest absolute Gasteiger partial charge is 0.339 e. The lowest BCUT2D eigenvalue weighted by molar-refractivity contribution is 0.366. The van der Waals surface area contributed by atoms with Crippen molar-refractivity contribution in [2.24, 2.45) is 5.73 Å². The molecule has 2 unspecified atom stereocenters. The van der Waals surface area contributed by atoms with Gasteiger partial charge in [-0.3, -0.25) is 0 Å². The summed E-state index contributed by atoms with van der Waals surface area (Å²) in [6.07, 6.45) is 3.27. The van der Waals surface area contributed by atoms with E-state index < -0.39 is 9.84 Å². The van der Waals surface area contributed by atoms with Crippen molar-refractivity contribution < 1.29 is 12.9 Å². The molecular weight excluding hydrogens is 254 g/mol. The Morgan fingerprint density at radius 2 is 2.28 bits per heavy atom. The van der Waals surface area contributed by atoms with Gasteiger partial charge >= 0.3 is 0 Å². The van der Waals surface area contributed by atoms with Crippen molar-refractivity contribution in [3.63, 3.8) is 0 Å². The predicted molar refractivity (Wildman–Crippen MR) is 66.8 cm³/mol.